The van der Waals surface area contributed by atoms with Gasteiger partial charge in [0.05, 0.1) is 22.0 Å². The number of azo groups is 1. The van der Waals surface area contributed by atoms with E-state index >= 15 is 0 Å². The van der Waals surface area contributed by atoms with E-state index in [0.717, 1.165) is 11.1 Å². The van der Waals surface area contributed by atoms with Crippen LogP contribution in [-0.2, 0) is 0 Å². The number of aromatic carboxylic acids is 1. The van der Waals surface area contributed by atoms with E-state index in [2.05, 4.69) is 15.3 Å². The number of nitrogens with zero attached hydrogens (tertiary/aromatic N) is 3. The first-order valence-electron chi connectivity index (χ1n) is 10.3. The lowest BCUT2D eigenvalue weighted by atomic mass is 10.0. The second kappa shape index (κ2) is 8.99. The molecule has 4 rings (SSSR count). The highest BCUT2D eigenvalue weighted by Crippen LogP contribution is 2.41. The third kappa shape index (κ3) is 4.11. The van der Waals surface area contributed by atoms with Crippen molar-refractivity contribution in [2.75, 3.05) is 0 Å². The number of carbonyl (C=O) groups is 1. The minimum atomic E-state index is -1.18. The Labute approximate surface area is 199 Å². The van der Waals surface area contributed by atoms with Crippen molar-refractivity contribution in [2.24, 2.45) is 10.2 Å². The van der Waals surface area contributed by atoms with E-state index in [1.165, 1.54) is 22.9 Å². The zero-order chi connectivity index (χ0) is 24.6. The van der Waals surface area contributed by atoms with Gasteiger partial charge in [0, 0.05) is 11.1 Å². The molecule has 0 unspecified atom stereocenters. The average Bonchev–Trinajstić information content (AvgIpc) is 3.08. The molecule has 3 N–H and O–H groups in total. The van der Waals surface area contributed by atoms with Crippen LogP contribution in [0, 0.1) is 20.8 Å². The van der Waals surface area contributed by atoms with Crippen LogP contribution in [0.1, 0.15) is 27.2 Å². The molecule has 172 valence electrons. The SMILES string of the molecule is Cc1ccc(-n2[nH]c(C)c(N=Nc3cccc(-c4cccc(C(=O)O)c4Cl)c3O)c2=O)cc1C. The zero-order valence-corrected chi connectivity index (χ0v) is 19.4. The molecule has 0 spiro atoms. The molecule has 0 amide bonds. The molecule has 34 heavy (non-hydrogen) atoms. The van der Waals surface area contributed by atoms with Crippen molar-refractivity contribution < 1.29 is 15.0 Å². The fourth-order valence-corrected chi connectivity index (χ4v) is 3.85. The van der Waals surface area contributed by atoms with Gasteiger partial charge in [-0.1, -0.05) is 41.9 Å². The molecule has 8 nitrogen and oxygen atoms in total. The first-order valence-corrected chi connectivity index (χ1v) is 10.7. The fraction of sp³-hybridized carbons (Fsp3) is 0.120. The first kappa shape index (κ1) is 23.0. The quantitative estimate of drug-likeness (QED) is 0.295. The molecule has 0 aliphatic heterocycles. The normalized spacial score (nSPS) is 11.3. The second-order valence-corrected chi connectivity index (χ2v) is 8.22. The van der Waals surface area contributed by atoms with E-state index in [4.69, 9.17) is 11.6 Å². The van der Waals surface area contributed by atoms with Gasteiger partial charge in [-0.25, -0.2) is 9.48 Å². The highest BCUT2D eigenvalue weighted by atomic mass is 35.5. The summed E-state index contributed by atoms with van der Waals surface area (Å²) in [6, 6.07) is 14.9. The number of aromatic nitrogens is 2. The van der Waals surface area contributed by atoms with E-state index in [9.17, 15) is 19.8 Å². The number of para-hydroxylation sites is 1. The highest BCUT2D eigenvalue weighted by molar-refractivity contribution is 6.36. The number of phenols is 1. The number of nitrogens with one attached hydrogen (secondary N) is 1. The van der Waals surface area contributed by atoms with E-state index < -0.39 is 5.97 Å². The Morgan fingerprint density at radius 2 is 1.68 bits per heavy atom. The smallest absolute Gasteiger partial charge is 0.337 e. The Kier molecular flexibility index (Phi) is 6.08. The Morgan fingerprint density at radius 1 is 0.971 bits per heavy atom. The highest BCUT2D eigenvalue weighted by Gasteiger charge is 2.18. The van der Waals surface area contributed by atoms with Crippen molar-refractivity contribution in [1.82, 2.24) is 9.78 Å². The van der Waals surface area contributed by atoms with Crippen LogP contribution in [0.5, 0.6) is 5.75 Å². The van der Waals surface area contributed by atoms with Gasteiger partial charge in [0.25, 0.3) is 5.56 Å². The van der Waals surface area contributed by atoms with Gasteiger partial charge in [0.1, 0.15) is 5.69 Å². The van der Waals surface area contributed by atoms with Crippen molar-refractivity contribution in [1.29, 1.82) is 0 Å². The van der Waals surface area contributed by atoms with Crippen LogP contribution in [0.15, 0.2) is 69.6 Å². The zero-order valence-electron chi connectivity index (χ0n) is 18.6. The molecule has 4 aromatic rings. The molecule has 1 aromatic heterocycles. The number of aromatic hydroxyl groups is 1. The van der Waals surface area contributed by atoms with Crippen molar-refractivity contribution in [3.8, 4) is 22.6 Å². The van der Waals surface area contributed by atoms with Gasteiger partial charge in [-0.2, -0.15) is 0 Å². The van der Waals surface area contributed by atoms with Gasteiger partial charge in [0.15, 0.2) is 11.4 Å². The number of hydrogen-bond donors (Lipinski definition) is 3. The molecule has 9 heteroatoms. The number of halogens is 1. The fourth-order valence-electron chi connectivity index (χ4n) is 3.54. The summed E-state index contributed by atoms with van der Waals surface area (Å²) in [6.07, 6.45) is 0. The largest absolute Gasteiger partial charge is 0.505 e. The molecular weight excluding hydrogens is 456 g/mol. The summed E-state index contributed by atoms with van der Waals surface area (Å²) in [5.41, 5.74) is 3.74. The van der Waals surface area contributed by atoms with Crippen LogP contribution >= 0.6 is 11.6 Å². The topological polar surface area (TPSA) is 120 Å². The number of phenolic OH excluding ortho intramolecular Hbond substituents is 1. The summed E-state index contributed by atoms with van der Waals surface area (Å²) in [7, 11) is 0. The maximum Gasteiger partial charge on any atom is 0.337 e. The number of aromatic amines is 1. The number of benzene rings is 3. The monoisotopic (exact) mass is 476 g/mol. The summed E-state index contributed by atoms with van der Waals surface area (Å²) in [6.45, 7) is 5.67. The third-order valence-electron chi connectivity index (χ3n) is 5.58. The maximum absolute atomic E-state index is 13.0. The van der Waals surface area contributed by atoms with E-state index in [1.807, 2.05) is 32.0 Å². The Balaban J connectivity index is 1.74. The van der Waals surface area contributed by atoms with E-state index in [1.54, 1.807) is 25.1 Å². The molecule has 0 aliphatic carbocycles. The van der Waals surface area contributed by atoms with E-state index in [0.29, 0.717) is 22.5 Å². The molecule has 0 atom stereocenters. The molecule has 1 heterocycles. The standard InChI is InChI=1S/C25H21ClN4O4/c1-13-10-11-16(12-14(13)2)30-24(32)22(15(3)29-30)28-27-20-9-5-7-18(23(20)31)17-6-4-8-19(21(17)26)25(33)34/h4-12,29,31H,1-3H3,(H,33,34). The van der Waals surface area contributed by atoms with Crippen LogP contribution in [0.4, 0.5) is 11.4 Å². The summed E-state index contributed by atoms with van der Waals surface area (Å²) in [5.74, 6) is -1.41. The molecular formula is C25H21ClN4O4. The van der Waals surface area contributed by atoms with Crippen LogP contribution in [0.2, 0.25) is 5.02 Å². The van der Waals surface area contributed by atoms with Crippen LogP contribution in [0.25, 0.3) is 16.8 Å². The molecule has 0 fully saturated rings. The Bertz CT molecular complexity index is 1520. The van der Waals surface area contributed by atoms with Gasteiger partial charge in [-0.3, -0.25) is 9.89 Å². The lowest BCUT2D eigenvalue weighted by Crippen LogP contribution is -2.14. The lowest BCUT2D eigenvalue weighted by Gasteiger charge is -2.10. The number of carboxylic acids is 1. The van der Waals surface area contributed by atoms with Crippen molar-refractivity contribution in [3.05, 3.63) is 92.4 Å². The number of rotatable bonds is 5. The van der Waals surface area contributed by atoms with Gasteiger partial charge < -0.3 is 10.2 Å². The Hall–Kier alpha value is -4.17. The average molecular weight is 477 g/mol. The van der Waals surface area contributed by atoms with Gasteiger partial charge in [-0.15, -0.1) is 10.2 Å². The number of carboxylic acid groups (broad SMARTS) is 1. The maximum atomic E-state index is 13.0. The summed E-state index contributed by atoms with van der Waals surface area (Å²) >= 11 is 6.26. The molecule has 0 bridgehead atoms. The lowest BCUT2D eigenvalue weighted by molar-refractivity contribution is 0.0697. The van der Waals surface area contributed by atoms with E-state index in [-0.39, 0.29) is 33.3 Å². The second-order valence-electron chi connectivity index (χ2n) is 7.84. The molecule has 0 saturated heterocycles. The first-order chi connectivity index (χ1) is 16.2. The third-order valence-corrected chi connectivity index (χ3v) is 5.99. The summed E-state index contributed by atoms with van der Waals surface area (Å²) in [5, 5.41) is 31.3. The van der Waals surface area contributed by atoms with Crippen LogP contribution in [-0.4, -0.2) is 26.0 Å². The minimum absolute atomic E-state index is 0.00264. The summed E-state index contributed by atoms with van der Waals surface area (Å²) in [4.78, 5) is 24.4. The van der Waals surface area contributed by atoms with Crippen molar-refractivity contribution >= 4 is 28.9 Å². The van der Waals surface area contributed by atoms with Crippen molar-refractivity contribution in [3.63, 3.8) is 0 Å². The molecule has 0 saturated carbocycles. The number of aryl methyl sites for hydroxylation is 3. The van der Waals surface area contributed by atoms with Gasteiger partial charge >= 0.3 is 5.97 Å². The van der Waals surface area contributed by atoms with Gasteiger partial charge in [0.2, 0.25) is 0 Å². The number of hydrogen-bond acceptors (Lipinski definition) is 5. The predicted molar refractivity (Wildman–Crippen MR) is 130 cm³/mol. The van der Waals surface area contributed by atoms with Gasteiger partial charge in [-0.05, 0) is 56.2 Å². The molecule has 0 radical (unpaired) electrons. The van der Waals surface area contributed by atoms with Crippen molar-refractivity contribution in [2.45, 2.75) is 20.8 Å². The molecule has 3 aromatic carbocycles. The number of H-pyrrole nitrogens is 1. The van der Waals surface area contributed by atoms with Crippen LogP contribution < -0.4 is 5.56 Å². The van der Waals surface area contributed by atoms with Crippen LogP contribution in [0.3, 0.4) is 0 Å². The molecule has 0 aliphatic rings. The minimum Gasteiger partial charge on any atom is -0.505 e. The Morgan fingerprint density at radius 3 is 2.38 bits per heavy atom. The summed E-state index contributed by atoms with van der Waals surface area (Å²) < 4.78 is 1.39. The predicted octanol–water partition coefficient (Wildman–Crippen LogP) is 6.23.